The second-order valence-corrected chi connectivity index (χ2v) is 3.44. The second kappa shape index (κ2) is 6.15. The molecule has 1 aromatic rings. The average Bonchev–Trinajstić information content (AvgIpc) is 2.39. The van der Waals surface area contributed by atoms with Gasteiger partial charge in [-0.1, -0.05) is 6.08 Å². The van der Waals surface area contributed by atoms with Gasteiger partial charge in [-0.2, -0.15) is 5.26 Å². The molecule has 0 fully saturated rings. The molecule has 0 bridgehead atoms. The van der Waals surface area contributed by atoms with Gasteiger partial charge in [0.1, 0.15) is 0 Å². The number of nitro benzene ring substituents is 1. The maximum absolute atomic E-state index is 11.9. The first-order valence-electron chi connectivity index (χ1n) is 5.17. The van der Waals surface area contributed by atoms with Crippen molar-refractivity contribution in [3.05, 3.63) is 52.6 Å². The zero-order valence-electron chi connectivity index (χ0n) is 9.57. The van der Waals surface area contributed by atoms with E-state index < -0.39 is 10.8 Å². The monoisotopic (exact) mass is 245 g/mol. The highest BCUT2D eigenvalue weighted by molar-refractivity contribution is 5.95. The minimum atomic E-state index is -0.548. The van der Waals surface area contributed by atoms with E-state index in [0.717, 1.165) is 4.90 Å². The van der Waals surface area contributed by atoms with E-state index in [0.29, 0.717) is 6.42 Å². The van der Waals surface area contributed by atoms with Gasteiger partial charge >= 0.3 is 0 Å². The van der Waals surface area contributed by atoms with Gasteiger partial charge in [0, 0.05) is 24.2 Å². The maximum atomic E-state index is 11.9. The number of carbonyl (C=O) groups is 1. The van der Waals surface area contributed by atoms with Crippen molar-refractivity contribution >= 4 is 11.6 Å². The van der Waals surface area contributed by atoms with Crippen LogP contribution in [0.5, 0.6) is 0 Å². The predicted octanol–water partition coefficient (Wildman–Crippen LogP) is 2.09. The predicted molar refractivity (Wildman–Crippen MR) is 64.6 cm³/mol. The van der Waals surface area contributed by atoms with Crippen molar-refractivity contribution in [3.63, 3.8) is 0 Å². The Balaban J connectivity index is 2.86. The second-order valence-electron chi connectivity index (χ2n) is 3.44. The molecule has 6 heteroatoms. The number of rotatable bonds is 5. The van der Waals surface area contributed by atoms with E-state index >= 15 is 0 Å². The third kappa shape index (κ3) is 3.15. The quantitative estimate of drug-likeness (QED) is 0.261. The van der Waals surface area contributed by atoms with E-state index in [4.69, 9.17) is 5.26 Å². The van der Waals surface area contributed by atoms with Crippen molar-refractivity contribution in [3.8, 4) is 6.19 Å². The Morgan fingerprint density at radius 3 is 2.56 bits per heavy atom. The highest BCUT2D eigenvalue weighted by Gasteiger charge is 2.15. The van der Waals surface area contributed by atoms with Gasteiger partial charge in [-0.05, 0) is 18.6 Å². The topological polar surface area (TPSA) is 87.2 Å². The number of carbonyl (C=O) groups excluding carboxylic acids is 1. The largest absolute Gasteiger partial charge is 0.269 e. The fourth-order valence-electron chi connectivity index (χ4n) is 1.30. The van der Waals surface area contributed by atoms with Gasteiger partial charge in [-0.15, -0.1) is 6.58 Å². The van der Waals surface area contributed by atoms with E-state index in [9.17, 15) is 14.9 Å². The van der Waals surface area contributed by atoms with Crippen LogP contribution in [-0.4, -0.2) is 22.3 Å². The number of nitriles is 1. The average molecular weight is 245 g/mol. The molecule has 0 aliphatic carbocycles. The van der Waals surface area contributed by atoms with Crippen LogP contribution in [0, 0.1) is 21.6 Å². The molecule has 6 nitrogen and oxygen atoms in total. The van der Waals surface area contributed by atoms with Crippen molar-refractivity contribution in [1.29, 1.82) is 5.26 Å². The summed E-state index contributed by atoms with van der Waals surface area (Å²) in [5.74, 6) is -0.478. The molecule has 0 aliphatic rings. The standard InChI is InChI=1S/C12H11N3O3/c1-2-3-8-14(9-13)12(16)10-4-6-11(7-5-10)15(17)18/h2,4-7H,1,3,8H2. The molecular formula is C12H11N3O3. The number of hydrogen-bond donors (Lipinski definition) is 0. The smallest absolute Gasteiger partial charge is 0.268 e. The van der Waals surface area contributed by atoms with Crippen LogP contribution in [0.25, 0.3) is 0 Å². The Bertz CT molecular complexity index is 502. The lowest BCUT2D eigenvalue weighted by atomic mass is 10.2. The highest BCUT2D eigenvalue weighted by atomic mass is 16.6. The van der Waals surface area contributed by atoms with Gasteiger partial charge in [0.2, 0.25) is 0 Å². The molecule has 1 aromatic carbocycles. The van der Waals surface area contributed by atoms with E-state index in [1.54, 1.807) is 12.3 Å². The van der Waals surface area contributed by atoms with Crippen molar-refractivity contribution in [1.82, 2.24) is 4.90 Å². The summed E-state index contributed by atoms with van der Waals surface area (Å²) >= 11 is 0. The van der Waals surface area contributed by atoms with Crippen molar-refractivity contribution < 1.29 is 9.72 Å². The van der Waals surface area contributed by atoms with Crippen molar-refractivity contribution in [2.24, 2.45) is 0 Å². The molecule has 0 saturated heterocycles. The lowest BCUT2D eigenvalue weighted by molar-refractivity contribution is -0.384. The van der Waals surface area contributed by atoms with Crippen molar-refractivity contribution in [2.75, 3.05) is 6.54 Å². The summed E-state index contributed by atoms with van der Waals surface area (Å²) in [5, 5.41) is 19.3. The molecule has 0 radical (unpaired) electrons. The Morgan fingerprint density at radius 2 is 2.11 bits per heavy atom. The molecule has 92 valence electrons. The summed E-state index contributed by atoms with van der Waals surface area (Å²) in [5.41, 5.74) is 0.146. The fourth-order valence-corrected chi connectivity index (χ4v) is 1.30. The molecule has 0 spiro atoms. The van der Waals surface area contributed by atoms with E-state index in [1.165, 1.54) is 24.3 Å². The molecule has 0 N–H and O–H groups in total. The number of hydrogen-bond acceptors (Lipinski definition) is 4. The van der Waals surface area contributed by atoms with Gasteiger partial charge in [0.05, 0.1) is 4.92 Å². The Hall–Kier alpha value is -2.68. The SMILES string of the molecule is C=CCCN(C#N)C(=O)c1ccc([N+](=O)[O-])cc1. The van der Waals surface area contributed by atoms with Crippen LogP contribution in [0.4, 0.5) is 5.69 Å². The summed E-state index contributed by atoms with van der Waals surface area (Å²) in [4.78, 5) is 22.8. The minimum Gasteiger partial charge on any atom is -0.268 e. The van der Waals surface area contributed by atoms with Crippen LogP contribution in [0.15, 0.2) is 36.9 Å². The molecule has 0 atom stereocenters. The summed E-state index contributed by atoms with van der Waals surface area (Å²) < 4.78 is 0. The first-order chi connectivity index (χ1) is 8.60. The lowest BCUT2D eigenvalue weighted by Crippen LogP contribution is -2.26. The number of nitro groups is 1. The molecular weight excluding hydrogens is 234 g/mol. The van der Waals surface area contributed by atoms with Crippen LogP contribution in [-0.2, 0) is 0 Å². The zero-order chi connectivity index (χ0) is 13.5. The molecule has 0 heterocycles. The Kier molecular flexibility index (Phi) is 4.58. The highest BCUT2D eigenvalue weighted by Crippen LogP contribution is 2.13. The third-order valence-electron chi connectivity index (χ3n) is 2.25. The number of benzene rings is 1. The normalized spacial score (nSPS) is 9.28. The number of amides is 1. The molecule has 18 heavy (non-hydrogen) atoms. The zero-order valence-corrected chi connectivity index (χ0v) is 9.57. The molecule has 1 amide bonds. The minimum absolute atomic E-state index is 0.0962. The Morgan fingerprint density at radius 1 is 1.50 bits per heavy atom. The van der Waals surface area contributed by atoms with Gasteiger partial charge in [-0.25, -0.2) is 4.90 Å². The summed E-state index contributed by atoms with van der Waals surface area (Å²) in [6.07, 6.45) is 3.89. The molecule has 1 rings (SSSR count). The third-order valence-corrected chi connectivity index (χ3v) is 2.25. The number of nitrogens with zero attached hydrogens (tertiary/aromatic N) is 3. The van der Waals surface area contributed by atoms with Crippen molar-refractivity contribution in [2.45, 2.75) is 6.42 Å². The van der Waals surface area contributed by atoms with Crippen LogP contribution < -0.4 is 0 Å². The molecule has 0 saturated carbocycles. The molecule has 0 aliphatic heterocycles. The van der Waals surface area contributed by atoms with Crippen LogP contribution in [0.1, 0.15) is 16.8 Å². The summed E-state index contributed by atoms with van der Waals surface area (Å²) in [6, 6.07) is 5.13. The van der Waals surface area contributed by atoms with Gasteiger partial charge in [0.15, 0.2) is 6.19 Å². The summed E-state index contributed by atoms with van der Waals surface area (Å²) in [6.45, 7) is 3.75. The fraction of sp³-hybridized carbons (Fsp3) is 0.167. The van der Waals surface area contributed by atoms with Crippen LogP contribution in [0.2, 0.25) is 0 Å². The van der Waals surface area contributed by atoms with E-state index in [2.05, 4.69) is 6.58 Å². The Labute approximate surface area is 104 Å². The lowest BCUT2D eigenvalue weighted by Gasteiger charge is -2.12. The number of non-ortho nitro benzene ring substituents is 1. The van der Waals surface area contributed by atoms with Gasteiger partial charge in [-0.3, -0.25) is 14.9 Å². The maximum Gasteiger partial charge on any atom is 0.269 e. The van der Waals surface area contributed by atoms with Gasteiger partial charge < -0.3 is 0 Å². The first-order valence-corrected chi connectivity index (χ1v) is 5.17. The van der Waals surface area contributed by atoms with E-state index in [-0.39, 0.29) is 17.8 Å². The van der Waals surface area contributed by atoms with Crippen LogP contribution in [0.3, 0.4) is 0 Å². The molecule has 0 unspecified atom stereocenters. The molecule has 0 aromatic heterocycles. The van der Waals surface area contributed by atoms with Gasteiger partial charge in [0.25, 0.3) is 11.6 Å². The van der Waals surface area contributed by atoms with Crippen LogP contribution >= 0.6 is 0 Å². The summed E-state index contributed by atoms with van der Waals surface area (Å²) in [7, 11) is 0. The first kappa shape index (κ1) is 13.4. The van der Waals surface area contributed by atoms with E-state index in [1.807, 2.05) is 0 Å².